The summed E-state index contributed by atoms with van der Waals surface area (Å²) in [6.07, 6.45) is 4.82. The van der Waals surface area contributed by atoms with E-state index in [0.717, 1.165) is 25.7 Å². The van der Waals surface area contributed by atoms with Gasteiger partial charge in [-0.15, -0.1) is 0 Å². The van der Waals surface area contributed by atoms with Gasteiger partial charge in [0.15, 0.2) is 0 Å². The van der Waals surface area contributed by atoms with E-state index in [1.165, 1.54) is 25.3 Å². The van der Waals surface area contributed by atoms with E-state index in [1.54, 1.807) is 33.8 Å². The highest BCUT2D eigenvalue weighted by Gasteiger charge is 2.41. The molecule has 1 aliphatic carbocycles. The van der Waals surface area contributed by atoms with Crippen molar-refractivity contribution in [3.05, 3.63) is 47.0 Å². The van der Waals surface area contributed by atoms with Crippen LogP contribution in [0.2, 0.25) is 0 Å². The molecule has 0 radical (unpaired) electrons. The third-order valence-electron chi connectivity index (χ3n) is 6.24. The molecule has 0 aromatic heterocycles. The van der Waals surface area contributed by atoms with Crippen LogP contribution in [0.25, 0.3) is 0 Å². The van der Waals surface area contributed by atoms with Gasteiger partial charge in [-0.3, -0.25) is 4.79 Å². The number of hydrogen-bond acceptors (Lipinski definition) is 6. The molecule has 1 fully saturated rings. The van der Waals surface area contributed by atoms with Gasteiger partial charge in [0.05, 0.1) is 18.6 Å². The van der Waals surface area contributed by atoms with E-state index < -0.39 is 34.6 Å². The Balaban J connectivity index is 1.91. The van der Waals surface area contributed by atoms with Gasteiger partial charge < -0.3 is 19.3 Å². The van der Waals surface area contributed by atoms with E-state index >= 15 is 0 Å². The Labute approximate surface area is 194 Å². The first-order valence-corrected chi connectivity index (χ1v) is 11.1. The van der Waals surface area contributed by atoms with Crippen molar-refractivity contribution >= 4 is 11.9 Å². The standard InChI is InChI=1S/C26H31FO6/c1-24(2,23(29)31-5)20-11-10-17(14-21(20)27)12-13-26(30,18-8-6-7-9-18)16-19-15-22(28)33-25(3,4)32-19/h10-11,14-15,18,30H,6-9,16H2,1-5H3. The van der Waals surface area contributed by atoms with Gasteiger partial charge in [0, 0.05) is 31.4 Å². The Kier molecular flexibility index (Phi) is 6.90. The fourth-order valence-corrected chi connectivity index (χ4v) is 4.46. The van der Waals surface area contributed by atoms with Crippen LogP contribution in [0.4, 0.5) is 4.39 Å². The van der Waals surface area contributed by atoms with Crippen LogP contribution in [0.1, 0.15) is 70.9 Å². The molecule has 1 unspecified atom stereocenters. The van der Waals surface area contributed by atoms with Gasteiger partial charge in [-0.05, 0) is 44.7 Å². The molecule has 178 valence electrons. The molecule has 0 spiro atoms. The Morgan fingerprint density at radius 2 is 1.94 bits per heavy atom. The van der Waals surface area contributed by atoms with E-state index in [0.29, 0.717) is 11.3 Å². The zero-order chi connectivity index (χ0) is 24.4. The van der Waals surface area contributed by atoms with Crippen molar-refractivity contribution in [3.8, 4) is 11.8 Å². The molecule has 3 rings (SSSR count). The summed E-state index contributed by atoms with van der Waals surface area (Å²) in [5.74, 6) is 3.25. The minimum absolute atomic E-state index is 0.0269. The number of cyclic esters (lactones) is 1. The van der Waals surface area contributed by atoms with Gasteiger partial charge in [-0.25, -0.2) is 9.18 Å². The van der Waals surface area contributed by atoms with Crippen LogP contribution in [0.15, 0.2) is 30.0 Å². The largest absolute Gasteiger partial charge is 0.468 e. The molecule has 2 aliphatic rings. The van der Waals surface area contributed by atoms with Gasteiger partial charge in [-0.1, -0.05) is 30.7 Å². The van der Waals surface area contributed by atoms with Crippen LogP contribution in [-0.2, 0) is 29.2 Å². The molecule has 1 N–H and O–H groups in total. The first kappa shape index (κ1) is 24.8. The molecular weight excluding hydrogens is 427 g/mol. The lowest BCUT2D eigenvalue weighted by molar-refractivity contribution is -0.207. The highest BCUT2D eigenvalue weighted by Crippen LogP contribution is 2.39. The topological polar surface area (TPSA) is 82.1 Å². The zero-order valence-electron chi connectivity index (χ0n) is 19.8. The molecule has 7 heteroatoms. The predicted octanol–water partition coefficient (Wildman–Crippen LogP) is 4.13. The molecule has 0 amide bonds. The lowest BCUT2D eigenvalue weighted by Gasteiger charge is -2.35. The number of methoxy groups -OCH3 is 1. The van der Waals surface area contributed by atoms with Crippen LogP contribution in [0, 0.1) is 23.6 Å². The lowest BCUT2D eigenvalue weighted by Crippen LogP contribution is -2.40. The lowest BCUT2D eigenvalue weighted by atomic mass is 9.82. The van der Waals surface area contributed by atoms with Crippen LogP contribution < -0.4 is 0 Å². The molecule has 0 saturated heterocycles. The molecular formula is C26H31FO6. The van der Waals surface area contributed by atoms with Gasteiger partial charge in [0.25, 0.3) is 0 Å². The molecule has 6 nitrogen and oxygen atoms in total. The summed E-state index contributed by atoms with van der Waals surface area (Å²) < 4.78 is 30.5. The number of carbonyl (C=O) groups is 2. The molecule has 1 saturated carbocycles. The summed E-state index contributed by atoms with van der Waals surface area (Å²) in [7, 11) is 1.26. The van der Waals surface area contributed by atoms with E-state index in [9.17, 15) is 19.1 Å². The van der Waals surface area contributed by atoms with Gasteiger partial charge >= 0.3 is 11.9 Å². The molecule has 1 atom stereocenters. The minimum Gasteiger partial charge on any atom is -0.468 e. The van der Waals surface area contributed by atoms with Gasteiger partial charge in [0.1, 0.15) is 17.2 Å². The summed E-state index contributed by atoms with van der Waals surface area (Å²) in [5, 5.41) is 11.5. The van der Waals surface area contributed by atoms with E-state index in [2.05, 4.69) is 11.8 Å². The quantitative estimate of drug-likeness (QED) is 0.528. The molecule has 1 heterocycles. The van der Waals surface area contributed by atoms with Gasteiger partial charge in [-0.2, -0.15) is 0 Å². The Hall–Kier alpha value is -2.85. The second kappa shape index (κ2) is 9.18. The van der Waals surface area contributed by atoms with Crippen LogP contribution in [0.3, 0.4) is 0 Å². The third kappa shape index (κ3) is 5.56. The van der Waals surface area contributed by atoms with Crippen molar-refractivity contribution in [2.75, 3.05) is 7.11 Å². The fraction of sp³-hybridized carbons (Fsp3) is 0.538. The SMILES string of the molecule is COC(=O)C(C)(C)c1ccc(C#CC(O)(CC2=CC(=O)OC(C)(C)O2)C2CCCC2)cc1F. The second-order valence-electron chi connectivity index (χ2n) is 9.68. The Bertz CT molecular complexity index is 1020. The predicted molar refractivity (Wildman–Crippen MR) is 119 cm³/mol. The molecule has 0 bridgehead atoms. The van der Waals surface area contributed by atoms with Crippen LogP contribution in [-0.4, -0.2) is 35.5 Å². The summed E-state index contributed by atoms with van der Waals surface area (Å²) >= 11 is 0. The Morgan fingerprint density at radius 1 is 1.27 bits per heavy atom. The summed E-state index contributed by atoms with van der Waals surface area (Å²) in [4.78, 5) is 24.0. The third-order valence-corrected chi connectivity index (χ3v) is 6.24. The van der Waals surface area contributed by atoms with E-state index in [4.69, 9.17) is 14.2 Å². The Morgan fingerprint density at radius 3 is 2.52 bits per heavy atom. The number of benzene rings is 1. The molecule has 1 aromatic rings. The molecule has 1 aliphatic heterocycles. The summed E-state index contributed by atoms with van der Waals surface area (Å²) in [6.45, 7) is 6.42. The maximum atomic E-state index is 14.8. The fourth-order valence-electron chi connectivity index (χ4n) is 4.46. The number of halogens is 1. The first-order chi connectivity index (χ1) is 15.4. The van der Waals surface area contributed by atoms with Crippen molar-refractivity contribution in [1.82, 2.24) is 0 Å². The molecule has 1 aromatic carbocycles. The van der Waals surface area contributed by atoms with Crippen molar-refractivity contribution in [1.29, 1.82) is 0 Å². The van der Waals surface area contributed by atoms with Crippen molar-refractivity contribution in [3.63, 3.8) is 0 Å². The summed E-state index contributed by atoms with van der Waals surface area (Å²) in [5.41, 5.74) is -2.03. The highest BCUT2D eigenvalue weighted by atomic mass is 19.1. The monoisotopic (exact) mass is 458 g/mol. The highest BCUT2D eigenvalue weighted by molar-refractivity contribution is 5.83. The van der Waals surface area contributed by atoms with Gasteiger partial charge in [0.2, 0.25) is 5.79 Å². The number of rotatable bonds is 5. The van der Waals surface area contributed by atoms with Crippen molar-refractivity contribution in [2.24, 2.45) is 5.92 Å². The minimum atomic E-state index is -1.45. The zero-order valence-corrected chi connectivity index (χ0v) is 19.8. The average molecular weight is 459 g/mol. The number of hydrogen-bond donors (Lipinski definition) is 1. The van der Waals surface area contributed by atoms with Crippen molar-refractivity contribution < 1.29 is 33.3 Å². The van der Waals surface area contributed by atoms with E-state index in [-0.39, 0.29) is 17.9 Å². The maximum absolute atomic E-state index is 14.8. The normalized spacial score (nSPS) is 20.0. The maximum Gasteiger partial charge on any atom is 0.337 e. The number of carbonyl (C=O) groups excluding carboxylic acids is 2. The average Bonchev–Trinajstić information content (AvgIpc) is 3.25. The number of ether oxygens (including phenoxy) is 3. The van der Waals surface area contributed by atoms with Crippen LogP contribution in [0.5, 0.6) is 0 Å². The van der Waals surface area contributed by atoms with Crippen molar-refractivity contribution in [2.45, 2.75) is 76.6 Å². The van der Waals surface area contributed by atoms with E-state index in [1.807, 2.05) is 0 Å². The van der Waals surface area contributed by atoms with Crippen LogP contribution >= 0.6 is 0 Å². The summed E-state index contributed by atoms with van der Waals surface area (Å²) in [6, 6.07) is 4.37. The second-order valence-corrected chi connectivity index (χ2v) is 9.68. The molecule has 33 heavy (non-hydrogen) atoms. The smallest absolute Gasteiger partial charge is 0.337 e. The first-order valence-electron chi connectivity index (χ1n) is 11.1. The number of aliphatic hydroxyl groups is 1. The number of esters is 2.